The van der Waals surface area contributed by atoms with Crippen LogP contribution in [0.15, 0.2) is 78.5 Å². The normalized spacial score (nSPS) is 13.5. The minimum Gasteiger partial charge on any atom is -0.496 e. The highest BCUT2D eigenvalue weighted by atomic mass is 19.1. The fourth-order valence-electron chi connectivity index (χ4n) is 3.59. The van der Waals surface area contributed by atoms with Crippen LogP contribution in [-0.4, -0.2) is 30.9 Å². The number of carbonyl (C=O) groups is 2. The van der Waals surface area contributed by atoms with E-state index < -0.39 is 11.8 Å². The van der Waals surface area contributed by atoms with Gasteiger partial charge in [-0.15, -0.1) is 0 Å². The van der Waals surface area contributed by atoms with Gasteiger partial charge in [0.1, 0.15) is 23.0 Å². The molecule has 4 rings (SSSR count). The van der Waals surface area contributed by atoms with Gasteiger partial charge < -0.3 is 14.8 Å². The summed E-state index contributed by atoms with van der Waals surface area (Å²) in [5.74, 6) is -0.366. The van der Waals surface area contributed by atoms with E-state index in [1.165, 1.54) is 26.4 Å². The van der Waals surface area contributed by atoms with Crippen molar-refractivity contribution >= 4 is 23.1 Å². The second-order valence-corrected chi connectivity index (χ2v) is 7.10. The molecule has 0 unspecified atom stereocenters. The second-order valence-electron chi connectivity index (χ2n) is 7.10. The van der Waals surface area contributed by atoms with E-state index in [0.717, 1.165) is 4.90 Å². The van der Waals surface area contributed by atoms with Gasteiger partial charge in [-0.25, -0.2) is 4.39 Å². The lowest BCUT2D eigenvalue weighted by atomic mass is 10.0. The molecule has 6 nitrogen and oxygen atoms in total. The lowest BCUT2D eigenvalue weighted by molar-refractivity contribution is -0.137. The van der Waals surface area contributed by atoms with E-state index in [0.29, 0.717) is 28.3 Å². The predicted molar refractivity (Wildman–Crippen MR) is 118 cm³/mol. The molecular formula is C25H21FN2O4. The minimum absolute atomic E-state index is 0.00764. The lowest BCUT2D eigenvalue weighted by Gasteiger charge is -2.16. The van der Waals surface area contributed by atoms with Crippen molar-refractivity contribution in [3.63, 3.8) is 0 Å². The molecule has 1 N–H and O–H groups in total. The van der Waals surface area contributed by atoms with Crippen LogP contribution >= 0.6 is 0 Å². The summed E-state index contributed by atoms with van der Waals surface area (Å²) in [5, 5.41) is 3.09. The predicted octanol–water partition coefficient (Wildman–Crippen LogP) is 4.24. The maximum Gasteiger partial charge on any atom is 0.278 e. The number of nitrogens with zero attached hydrogens (tertiary/aromatic N) is 1. The molecule has 162 valence electrons. The number of methoxy groups -OCH3 is 2. The van der Waals surface area contributed by atoms with Crippen LogP contribution < -0.4 is 14.8 Å². The van der Waals surface area contributed by atoms with Crippen LogP contribution in [0.25, 0.3) is 5.57 Å². The van der Waals surface area contributed by atoms with Crippen LogP contribution in [0.4, 0.5) is 10.1 Å². The van der Waals surface area contributed by atoms with E-state index in [1.807, 2.05) is 6.07 Å². The topological polar surface area (TPSA) is 67.9 Å². The van der Waals surface area contributed by atoms with Gasteiger partial charge >= 0.3 is 0 Å². The molecular weight excluding hydrogens is 411 g/mol. The van der Waals surface area contributed by atoms with Gasteiger partial charge in [0.25, 0.3) is 11.8 Å². The van der Waals surface area contributed by atoms with Crippen LogP contribution in [0, 0.1) is 5.82 Å². The molecule has 0 aromatic heterocycles. The number of rotatable bonds is 7. The second kappa shape index (κ2) is 8.93. The summed E-state index contributed by atoms with van der Waals surface area (Å²) < 4.78 is 24.1. The van der Waals surface area contributed by atoms with E-state index in [9.17, 15) is 14.0 Å². The Balaban J connectivity index is 1.79. The minimum atomic E-state index is -0.494. The van der Waals surface area contributed by atoms with E-state index >= 15 is 0 Å². The highest BCUT2D eigenvalue weighted by Crippen LogP contribution is 2.37. The van der Waals surface area contributed by atoms with Crippen molar-refractivity contribution in [1.29, 1.82) is 0 Å². The molecule has 0 aliphatic carbocycles. The molecule has 0 saturated heterocycles. The van der Waals surface area contributed by atoms with Crippen molar-refractivity contribution in [3.05, 3.63) is 95.4 Å². The smallest absolute Gasteiger partial charge is 0.278 e. The average Bonchev–Trinajstić information content (AvgIpc) is 3.04. The van der Waals surface area contributed by atoms with Gasteiger partial charge in [-0.1, -0.05) is 42.5 Å². The number of para-hydroxylation sites is 3. The molecule has 0 atom stereocenters. The van der Waals surface area contributed by atoms with Crippen LogP contribution in [0.2, 0.25) is 0 Å². The van der Waals surface area contributed by atoms with E-state index in [2.05, 4.69) is 5.32 Å². The standard InChI is InChI=1S/C25H21FN2O4/c1-31-20-9-5-3-7-18(20)22-23(27-19-8-4-6-10-21(19)32-2)25(30)28(24(22)29)15-16-11-13-17(26)14-12-16/h3-14,27H,15H2,1-2H3. The molecule has 7 heteroatoms. The number of ether oxygens (including phenoxy) is 2. The maximum atomic E-state index is 13.5. The zero-order valence-corrected chi connectivity index (χ0v) is 17.6. The first-order chi connectivity index (χ1) is 15.5. The van der Waals surface area contributed by atoms with Crippen molar-refractivity contribution in [1.82, 2.24) is 4.90 Å². The number of anilines is 1. The Morgan fingerprint density at radius 2 is 1.44 bits per heavy atom. The van der Waals surface area contributed by atoms with Crippen LogP contribution in [0.3, 0.4) is 0 Å². The third-order valence-corrected chi connectivity index (χ3v) is 5.16. The van der Waals surface area contributed by atoms with Gasteiger partial charge in [-0.2, -0.15) is 0 Å². The molecule has 0 spiro atoms. The SMILES string of the molecule is COc1ccccc1NC1=C(c2ccccc2OC)C(=O)N(Cc2ccc(F)cc2)C1=O. The molecule has 1 aliphatic rings. The molecule has 0 bridgehead atoms. The summed E-state index contributed by atoms with van der Waals surface area (Å²) in [4.78, 5) is 28.0. The molecule has 0 saturated carbocycles. The van der Waals surface area contributed by atoms with Gasteiger partial charge in [0.05, 0.1) is 32.0 Å². The Morgan fingerprint density at radius 1 is 0.812 bits per heavy atom. The number of imide groups is 1. The van der Waals surface area contributed by atoms with Gasteiger partial charge in [-0.05, 0) is 35.9 Å². The van der Waals surface area contributed by atoms with Crippen LogP contribution in [0.1, 0.15) is 11.1 Å². The Bertz CT molecular complexity index is 1200. The Kier molecular flexibility index (Phi) is 5.89. The molecule has 0 fully saturated rings. The molecule has 3 aromatic rings. The Hall–Kier alpha value is -4.13. The third-order valence-electron chi connectivity index (χ3n) is 5.16. The summed E-state index contributed by atoms with van der Waals surface area (Å²) in [6.45, 7) is 0.00764. The van der Waals surface area contributed by atoms with Crippen molar-refractivity contribution in [2.45, 2.75) is 6.54 Å². The number of carbonyl (C=O) groups excluding carboxylic acids is 2. The molecule has 2 amide bonds. The van der Waals surface area contributed by atoms with Crippen molar-refractivity contribution in [3.8, 4) is 11.5 Å². The number of hydrogen-bond acceptors (Lipinski definition) is 5. The number of amides is 2. The third kappa shape index (κ3) is 3.92. The van der Waals surface area contributed by atoms with E-state index in [-0.39, 0.29) is 23.6 Å². The van der Waals surface area contributed by atoms with Gasteiger partial charge in [0.15, 0.2) is 0 Å². The number of nitrogens with one attached hydrogen (secondary N) is 1. The maximum absolute atomic E-state index is 13.5. The molecule has 3 aromatic carbocycles. The first kappa shape index (κ1) is 21.1. The van der Waals surface area contributed by atoms with Crippen molar-refractivity contribution in [2.75, 3.05) is 19.5 Å². The van der Waals surface area contributed by atoms with Crippen molar-refractivity contribution in [2.24, 2.45) is 0 Å². The molecule has 32 heavy (non-hydrogen) atoms. The highest BCUT2D eigenvalue weighted by Gasteiger charge is 2.40. The summed E-state index contributed by atoms with van der Waals surface area (Å²) in [7, 11) is 3.03. The fraction of sp³-hybridized carbons (Fsp3) is 0.120. The Labute approximate surface area is 184 Å². The summed E-state index contributed by atoms with van der Waals surface area (Å²) >= 11 is 0. The summed E-state index contributed by atoms with van der Waals surface area (Å²) in [6.07, 6.45) is 0. The number of benzene rings is 3. The average molecular weight is 432 g/mol. The summed E-state index contributed by atoms with van der Waals surface area (Å²) in [5.41, 5.74) is 1.98. The first-order valence-corrected chi connectivity index (χ1v) is 9.92. The zero-order chi connectivity index (χ0) is 22.7. The van der Waals surface area contributed by atoms with E-state index in [4.69, 9.17) is 9.47 Å². The Morgan fingerprint density at radius 3 is 2.12 bits per heavy atom. The van der Waals surface area contributed by atoms with E-state index in [1.54, 1.807) is 54.6 Å². The lowest BCUT2D eigenvalue weighted by Crippen LogP contribution is -2.32. The van der Waals surface area contributed by atoms with Crippen LogP contribution in [0.5, 0.6) is 11.5 Å². The quantitative estimate of drug-likeness (QED) is 0.566. The van der Waals surface area contributed by atoms with Crippen LogP contribution in [-0.2, 0) is 16.1 Å². The number of halogens is 1. The van der Waals surface area contributed by atoms with Gasteiger partial charge in [0.2, 0.25) is 0 Å². The fourth-order valence-corrected chi connectivity index (χ4v) is 3.59. The molecule has 0 radical (unpaired) electrons. The largest absolute Gasteiger partial charge is 0.496 e. The van der Waals surface area contributed by atoms with Gasteiger partial charge in [0, 0.05) is 5.56 Å². The molecule has 1 aliphatic heterocycles. The molecule has 1 heterocycles. The first-order valence-electron chi connectivity index (χ1n) is 9.92. The monoisotopic (exact) mass is 432 g/mol. The number of hydrogen-bond donors (Lipinski definition) is 1. The zero-order valence-electron chi connectivity index (χ0n) is 17.6. The summed E-state index contributed by atoms with van der Waals surface area (Å²) in [6, 6.07) is 19.8. The highest BCUT2D eigenvalue weighted by molar-refractivity contribution is 6.37. The van der Waals surface area contributed by atoms with Crippen molar-refractivity contribution < 1.29 is 23.5 Å². The van der Waals surface area contributed by atoms with Gasteiger partial charge in [-0.3, -0.25) is 14.5 Å².